The molecule has 2 aliphatic rings. The zero-order valence-electron chi connectivity index (χ0n) is 10.1. The van der Waals surface area contributed by atoms with Crippen molar-refractivity contribution in [2.24, 2.45) is 5.92 Å². The minimum atomic E-state index is -0.160. The Morgan fingerprint density at radius 1 is 1.33 bits per heavy atom. The van der Waals surface area contributed by atoms with Crippen LogP contribution >= 0.6 is 11.3 Å². The van der Waals surface area contributed by atoms with Crippen LogP contribution in [0.1, 0.15) is 36.6 Å². The number of aliphatic hydroxyl groups is 1. The molecule has 3 atom stereocenters. The number of hydrogen-bond acceptors (Lipinski definition) is 3. The minimum Gasteiger partial charge on any atom is -0.393 e. The first-order chi connectivity index (χ1) is 8.86. The summed E-state index contributed by atoms with van der Waals surface area (Å²) in [6, 6.07) is 2.50. The lowest BCUT2D eigenvalue weighted by molar-refractivity contribution is 0.0510. The third kappa shape index (κ3) is 1.36. The topological polar surface area (TPSA) is 38.1 Å². The molecule has 2 aromatic heterocycles. The Morgan fingerprint density at radius 3 is 3.11 bits per heavy atom. The maximum absolute atomic E-state index is 10.3. The van der Waals surface area contributed by atoms with Crippen molar-refractivity contribution in [2.75, 3.05) is 0 Å². The second-order valence-corrected chi connectivity index (χ2v) is 6.29. The number of hydrogen-bond donors (Lipinski definition) is 1. The van der Waals surface area contributed by atoms with Crippen molar-refractivity contribution in [3.8, 4) is 11.3 Å². The molecule has 1 aliphatic carbocycles. The average molecular weight is 260 g/mol. The van der Waals surface area contributed by atoms with Crippen molar-refractivity contribution in [3.05, 3.63) is 28.8 Å². The fourth-order valence-corrected chi connectivity index (χ4v) is 4.61. The molecule has 1 saturated carbocycles. The number of aliphatic hydroxyl groups excluding tert-OH is 1. The summed E-state index contributed by atoms with van der Waals surface area (Å²) < 4.78 is 2.26. The number of thiophene rings is 1. The van der Waals surface area contributed by atoms with E-state index in [1.165, 1.54) is 29.0 Å². The molecule has 18 heavy (non-hydrogen) atoms. The van der Waals surface area contributed by atoms with Gasteiger partial charge >= 0.3 is 0 Å². The predicted octanol–water partition coefficient (Wildman–Crippen LogP) is 3.07. The van der Waals surface area contributed by atoms with Crippen LogP contribution in [0.4, 0.5) is 0 Å². The number of fused-ring (bicyclic) bond motifs is 3. The van der Waals surface area contributed by atoms with Gasteiger partial charge in [0.25, 0.3) is 0 Å². The Bertz CT molecular complexity index is 534. The molecule has 0 unspecified atom stereocenters. The van der Waals surface area contributed by atoms with Crippen molar-refractivity contribution in [1.29, 1.82) is 0 Å². The summed E-state index contributed by atoms with van der Waals surface area (Å²) in [4.78, 5) is 5.69. The molecule has 0 spiro atoms. The highest BCUT2D eigenvalue weighted by Gasteiger charge is 2.39. The maximum Gasteiger partial charge on any atom is 0.0957 e. The largest absolute Gasteiger partial charge is 0.393 e. The van der Waals surface area contributed by atoms with Gasteiger partial charge in [0.1, 0.15) is 0 Å². The van der Waals surface area contributed by atoms with E-state index in [4.69, 9.17) is 0 Å². The van der Waals surface area contributed by atoms with Crippen LogP contribution in [0.25, 0.3) is 11.3 Å². The Hall–Kier alpha value is -1.13. The monoisotopic (exact) mass is 260 g/mol. The molecule has 4 rings (SSSR count). The van der Waals surface area contributed by atoms with Crippen LogP contribution in [-0.4, -0.2) is 20.8 Å². The quantitative estimate of drug-likeness (QED) is 0.855. The smallest absolute Gasteiger partial charge is 0.0957 e. The molecule has 1 fully saturated rings. The lowest BCUT2D eigenvalue weighted by atomic mass is 9.81. The molecule has 3 nitrogen and oxygen atoms in total. The molecule has 0 saturated heterocycles. The first-order valence-corrected chi connectivity index (χ1v) is 7.52. The fraction of sp³-hybridized carbons (Fsp3) is 0.500. The van der Waals surface area contributed by atoms with E-state index in [-0.39, 0.29) is 6.10 Å². The molecule has 1 aliphatic heterocycles. The predicted molar refractivity (Wildman–Crippen MR) is 71.6 cm³/mol. The summed E-state index contributed by atoms with van der Waals surface area (Å²) in [6.07, 6.45) is 8.19. The molecule has 1 N–H and O–H groups in total. The fourth-order valence-electron chi connectivity index (χ4n) is 3.53. The zero-order chi connectivity index (χ0) is 12.1. The van der Waals surface area contributed by atoms with E-state index in [0.717, 1.165) is 12.8 Å². The molecule has 94 valence electrons. The summed E-state index contributed by atoms with van der Waals surface area (Å²) >= 11 is 1.82. The number of imidazole rings is 1. The van der Waals surface area contributed by atoms with Gasteiger partial charge in [-0.15, -0.1) is 11.3 Å². The van der Waals surface area contributed by atoms with Gasteiger partial charge in [0, 0.05) is 16.4 Å². The van der Waals surface area contributed by atoms with Crippen LogP contribution < -0.4 is 0 Å². The van der Waals surface area contributed by atoms with Crippen LogP contribution in [0.2, 0.25) is 0 Å². The molecule has 4 heteroatoms. The van der Waals surface area contributed by atoms with Crippen molar-refractivity contribution in [3.63, 3.8) is 0 Å². The molecule has 3 heterocycles. The average Bonchev–Trinajstić information content (AvgIpc) is 3.02. The minimum absolute atomic E-state index is 0.160. The van der Waals surface area contributed by atoms with E-state index in [9.17, 15) is 5.11 Å². The Morgan fingerprint density at radius 2 is 2.22 bits per heavy atom. The highest BCUT2D eigenvalue weighted by atomic mass is 32.1. The highest BCUT2D eigenvalue weighted by Crippen LogP contribution is 2.49. The van der Waals surface area contributed by atoms with E-state index < -0.39 is 0 Å². The van der Waals surface area contributed by atoms with E-state index in [1.54, 1.807) is 0 Å². The van der Waals surface area contributed by atoms with Crippen LogP contribution in [0, 0.1) is 5.92 Å². The van der Waals surface area contributed by atoms with Crippen LogP contribution in [0.5, 0.6) is 0 Å². The van der Waals surface area contributed by atoms with Gasteiger partial charge in [-0.25, -0.2) is 4.98 Å². The van der Waals surface area contributed by atoms with Gasteiger partial charge in [0.05, 0.1) is 30.4 Å². The normalized spacial score (nSPS) is 30.2. The summed E-state index contributed by atoms with van der Waals surface area (Å²) in [6.45, 7) is 0. The van der Waals surface area contributed by atoms with Crippen LogP contribution in [-0.2, 0) is 0 Å². The molecule has 0 bridgehead atoms. The first-order valence-electron chi connectivity index (χ1n) is 6.64. The zero-order valence-corrected chi connectivity index (χ0v) is 10.9. The summed E-state index contributed by atoms with van der Waals surface area (Å²) in [5.74, 6) is 0.353. The van der Waals surface area contributed by atoms with Crippen molar-refractivity contribution < 1.29 is 5.11 Å². The van der Waals surface area contributed by atoms with E-state index >= 15 is 0 Å². The molecular weight excluding hydrogens is 244 g/mol. The molecular formula is C14H16N2OS. The summed E-state index contributed by atoms with van der Waals surface area (Å²) in [7, 11) is 0. The van der Waals surface area contributed by atoms with Gasteiger partial charge in [-0.2, -0.15) is 0 Å². The highest BCUT2D eigenvalue weighted by molar-refractivity contribution is 7.10. The van der Waals surface area contributed by atoms with Gasteiger partial charge in [0.2, 0.25) is 0 Å². The maximum atomic E-state index is 10.3. The molecule has 2 aromatic rings. The lowest BCUT2D eigenvalue weighted by Gasteiger charge is -2.33. The van der Waals surface area contributed by atoms with E-state index in [0.29, 0.717) is 12.0 Å². The molecule has 0 amide bonds. The SMILES string of the molecule is O[C@@H]1CCCC[C@@H]1[C@H]1c2sccc2-c2cncn21. The van der Waals surface area contributed by atoms with Gasteiger partial charge in [0.15, 0.2) is 0 Å². The van der Waals surface area contributed by atoms with Gasteiger partial charge in [-0.05, 0) is 24.3 Å². The Labute approximate surface area is 110 Å². The standard InChI is InChI=1S/C14H16N2OS/c17-12-4-2-1-3-10(12)13-14-9(5-6-18-14)11-7-15-8-16(11)13/h5-8,10,12-13,17H,1-4H2/t10-,12+,13-/m0/s1. The van der Waals surface area contributed by atoms with E-state index in [2.05, 4.69) is 21.0 Å². The molecule has 0 radical (unpaired) electrons. The molecule has 0 aromatic carbocycles. The third-order valence-corrected chi connectivity index (χ3v) is 5.38. The number of rotatable bonds is 1. The number of nitrogens with zero attached hydrogens (tertiary/aromatic N) is 2. The Balaban J connectivity index is 1.82. The van der Waals surface area contributed by atoms with Crippen LogP contribution in [0.3, 0.4) is 0 Å². The number of aromatic nitrogens is 2. The second kappa shape index (κ2) is 3.93. The van der Waals surface area contributed by atoms with E-state index in [1.807, 2.05) is 23.9 Å². The summed E-state index contributed by atoms with van der Waals surface area (Å²) in [5.41, 5.74) is 2.54. The first kappa shape index (κ1) is 10.8. The van der Waals surface area contributed by atoms with Crippen molar-refractivity contribution in [1.82, 2.24) is 9.55 Å². The lowest BCUT2D eigenvalue weighted by Crippen LogP contribution is -2.31. The van der Waals surface area contributed by atoms with Gasteiger partial charge < -0.3 is 9.67 Å². The van der Waals surface area contributed by atoms with Crippen LogP contribution in [0.15, 0.2) is 24.0 Å². The van der Waals surface area contributed by atoms with Gasteiger partial charge in [-0.1, -0.05) is 12.8 Å². The third-order valence-electron chi connectivity index (χ3n) is 4.39. The van der Waals surface area contributed by atoms with Crippen molar-refractivity contribution >= 4 is 11.3 Å². The Kier molecular flexibility index (Phi) is 2.35. The van der Waals surface area contributed by atoms with Crippen molar-refractivity contribution in [2.45, 2.75) is 37.8 Å². The summed E-state index contributed by atoms with van der Waals surface area (Å²) in [5, 5.41) is 12.5. The van der Waals surface area contributed by atoms with Gasteiger partial charge in [-0.3, -0.25) is 0 Å². The second-order valence-electron chi connectivity index (χ2n) is 5.35.